The average Bonchev–Trinajstić information content (AvgIpc) is 2.57. The lowest BCUT2D eigenvalue weighted by Crippen LogP contribution is -2.22. The number of carboxylic acid groups (broad SMARTS) is 1. The van der Waals surface area contributed by atoms with Crippen LogP contribution in [0.25, 0.3) is 10.9 Å². The quantitative estimate of drug-likeness (QED) is 0.779. The summed E-state index contributed by atoms with van der Waals surface area (Å²) in [5.74, 6) is -1.24. The third-order valence-corrected chi connectivity index (χ3v) is 3.93. The number of aromatic hydroxyl groups is 1. The molecule has 1 heterocycles. The van der Waals surface area contributed by atoms with E-state index in [4.69, 9.17) is 5.11 Å². The number of carbonyl (C=O) groups is 1. The fourth-order valence-electron chi connectivity index (χ4n) is 2.69. The number of pyridine rings is 1. The maximum absolute atomic E-state index is 12.5. The van der Waals surface area contributed by atoms with Crippen LogP contribution in [-0.2, 0) is 13.5 Å². The summed E-state index contributed by atoms with van der Waals surface area (Å²) < 4.78 is 1.43. The zero-order valence-corrected chi connectivity index (χ0v) is 12.5. The predicted octanol–water partition coefficient (Wildman–Crippen LogP) is 2.53. The lowest BCUT2D eigenvalue weighted by molar-refractivity contribution is 0.0697. The minimum Gasteiger partial charge on any atom is -0.507 e. The Balaban J connectivity index is 2.25. The van der Waals surface area contributed by atoms with Crippen molar-refractivity contribution in [3.05, 3.63) is 75.6 Å². The minimum absolute atomic E-state index is 0.0668. The SMILES string of the molecule is Cn1c(=O)c(Cc2ccccc2)c(O)c2cc(C(=O)O)ccc21. The zero-order chi connectivity index (χ0) is 16.6. The Labute approximate surface area is 132 Å². The molecule has 0 aliphatic heterocycles. The fourth-order valence-corrected chi connectivity index (χ4v) is 2.69. The molecule has 0 atom stereocenters. The van der Waals surface area contributed by atoms with E-state index >= 15 is 0 Å². The number of aromatic carboxylic acids is 1. The van der Waals surface area contributed by atoms with Crippen molar-refractivity contribution in [1.82, 2.24) is 4.57 Å². The molecule has 0 bridgehead atoms. The number of hydrogen-bond donors (Lipinski definition) is 2. The Bertz CT molecular complexity index is 958. The van der Waals surface area contributed by atoms with Gasteiger partial charge in [-0.1, -0.05) is 30.3 Å². The summed E-state index contributed by atoms with van der Waals surface area (Å²) in [6, 6.07) is 13.7. The molecule has 0 unspecified atom stereocenters. The molecule has 2 N–H and O–H groups in total. The number of fused-ring (bicyclic) bond motifs is 1. The van der Waals surface area contributed by atoms with Crippen molar-refractivity contribution in [2.75, 3.05) is 0 Å². The molecule has 5 heteroatoms. The molecule has 0 saturated carbocycles. The second-order valence-corrected chi connectivity index (χ2v) is 5.39. The molecule has 0 fully saturated rings. The van der Waals surface area contributed by atoms with Crippen LogP contribution in [0.3, 0.4) is 0 Å². The highest BCUT2D eigenvalue weighted by Gasteiger charge is 2.16. The largest absolute Gasteiger partial charge is 0.507 e. The zero-order valence-electron chi connectivity index (χ0n) is 12.5. The van der Waals surface area contributed by atoms with Gasteiger partial charge in [-0.15, -0.1) is 0 Å². The number of rotatable bonds is 3. The van der Waals surface area contributed by atoms with Crippen LogP contribution in [0.4, 0.5) is 0 Å². The van der Waals surface area contributed by atoms with Crippen molar-refractivity contribution in [3.8, 4) is 5.75 Å². The molecule has 5 nitrogen and oxygen atoms in total. The molecule has 3 aromatic rings. The van der Waals surface area contributed by atoms with Crippen molar-refractivity contribution in [2.24, 2.45) is 7.05 Å². The Kier molecular flexibility index (Phi) is 3.62. The Morgan fingerprint density at radius 3 is 2.48 bits per heavy atom. The number of benzene rings is 2. The van der Waals surface area contributed by atoms with Crippen LogP contribution in [0, 0.1) is 0 Å². The number of nitrogens with zero attached hydrogens (tertiary/aromatic N) is 1. The Hall–Kier alpha value is -3.08. The molecular weight excluding hydrogens is 294 g/mol. The maximum Gasteiger partial charge on any atom is 0.335 e. The van der Waals surface area contributed by atoms with E-state index in [1.54, 1.807) is 7.05 Å². The van der Waals surface area contributed by atoms with E-state index in [1.807, 2.05) is 30.3 Å². The van der Waals surface area contributed by atoms with E-state index in [0.717, 1.165) is 5.56 Å². The van der Waals surface area contributed by atoms with Gasteiger partial charge in [0.15, 0.2) is 0 Å². The molecule has 0 aliphatic rings. The molecule has 23 heavy (non-hydrogen) atoms. The van der Waals surface area contributed by atoms with Crippen molar-refractivity contribution in [2.45, 2.75) is 6.42 Å². The number of aromatic nitrogens is 1. The highest BCUT2D eigenvalue weighted by atomic mass is 16.4. The van der Waals surface area contributed by atoms with Crippen molar-refractivity contribution >= 4 is 16.9 Å². The minimum atomic E-state index is -1.08. The van der Waals surface area contributed by atoms with E-state index in [-0.39, 0.29) is 28.9 Å². The first-order valence-electron chi connectivity index (χ1n) is 7.11. The molecule has 2 aromatic carbocycles. The number of carboxylic acids is 1. The second-order valence-electron chi connectivity index (χ2n) is 5.39. The van der Waals surface area contributed by atoms with Gasteiger partial charge < -0.3 is 14.8 Å². The summed E-state index contributed by atoms with van der Waals surface area (Å²) in [6.45, 7) is 0. The van der Waals surface area contributed by atoms with Gasteiger partial charge in [-0.3, -0.25) is 4.79 Å². The summed E-state index contributed by atoms with van der Waals surface area (Å²) in [6.07, 6.45) is 0.284. The van der Waals surface area contributed by atoms with Gasteiger partial charge in [0.1, 0.15) is 5.75 Å². The summed E-state index contributed by atoms with van der Waals surface area (Å²) >= 11 is 0. The van der Waals surface area contributed by atoms with Gasteiger partial charge in [-0.05, 0) is 23.8 Å². The van der Waals surface area contributed by atoms with Gasteiger partial charge in [0, 0.05) is 18.9 Å². The topological polar surface area (TPSA) is 79.5 Å². The van der Waals surface area contributed by atoms with Gasteiger partial charge >= 0.3 is 5.97 Å². The molecule has 116 valence electrons. The van der Waals surface area contributed by atoms with Gasteiger partial charge in [0.2, 0.25) is 0 Å². The Morgan fingerprint density at radius 1 is 1.13 bits per heavy atom. The van der Waals surface area contributed by atoms with Crippen LogP contribution >= 0.6 is 0 Å². The van der Waals surface area contributed by atoms with Crippen molar-refractivity contribution < 1.29 is 15.0 Å². The molecule has 0 saturated heterocycles. The molecule has 3 rings (SSSR count). The lowest BCUT2D eigenvalue weighted by atomic mass is 10.0. The summed E-state index contributed by atoms with van der Waals surface area (Å²) in [7, 11) is 1.61. The number of aryl methyl sites for hydroxylation is 1. The van der Waals surface area contributed by atoms with E-state index in [9.17, 15) is 14.7 Å². The first kappa shape index (κ1) is 14.8. The first-order chi connectivity index (χ1) is 11.0. The summed E-state index contributed by atoms with van der Waals surface area (Å²) in [5.41, 5.74) is 1.43. The molecular formula is C18H15NO4. The smallest absolute Gasteiger partial charge is 0.335 e. The van der Waals surface area contributed by atoms with Crippen LogP contribution in [-0.4, -0.2) is 20.7 Å². The third-order valence-electron chi connectivity index (χ3n) is 3.93. The lowest BCUT2D eigenvalue weighted by Gasteiger charge is -2.12. The van der Waals surface area contributed by atoms with Crippen LogP contribution < -0.4 is 5.56 Å². The van der Waals surface area contributed by atoms with E-state index < -0.39 is 5.97 Å². The van der Waals surface area contributed by atoms with Gasteiger partial charge in [0.05, 0.1) is 16.6 Å². The van der Waals surface area contributed by atoms with Crippen molar-refractivity contribution in [3.63, 3.8) is 0 Å². The summed E-state index contributed by atoms with van der Waals surface area (Å²) in [4.78, 5) is 23.6. The van der Waals surface area contributed by atoms with E-state index in [2.05, 4.69) is 0 Å². The molecule has 0 aliphatic carbocycles. The standard InChI is InChI=1S/C18H15NO4/c1-19-15-8-7-12(18(22)23)10-13(15)16(20)14(17(19)21)9-11-5-3-2-4-6-11/h2-8,10,20H,9H2,1H3,(H,22,23). The Morgan fingerprint density at radius 2 is 1.83 bits per heavy atom. The fraction of sp³-hybridized carbons (Fsp3) is 0.111. The monoisotopic (exact) mass is 309 g/mol. The molecule has 0 spiro atoms. The predicted molar refractivity (Wildman–Crippen MR) is 87.1 cm³/mol. The number of hydrogen-bond acceptors (Lipinski definition) is 3. The van der Waals surface area contributed by atoms with Crippen LogP contribution in [0.1, 0.15) is 21.5 Å². The van der Waals surface area contributed by atoms with Crippen LogP contribution in [0.2, 0.25) is 0 Å². The molecule has 1 aromatic heterocycles. The summed E-state index contributed by atoms with van der Waals surface area (Å²) in [5, 5.41) is 20.0. The normalized spacial score (nSPS) is 10.8. The molecule has 0 amide bonds. The van der Waals surface area contributed by atoms with E-state index in [0.29, 0.717) is 10.9 Å². The van der Waals surface area contributed by atoms with Gasteiger partial charge in [-0.25, -0.2) is 4.79 Å². The van der Waals surface area contributed by atoms with Crippen LogP contribution in [0.15, 0.2) is 53.3 Å². The van der Waals surface area contributed by atoms with Crippen molar-refractivity contribution in [1.29, 1.82) is 0 Å². The average molecular weight is 309 g/mol. The highest BCUT2D eigenvalue weighted by Crippen LogP contribution is 2.28. The molecule has 0 radical (unpaired) electrons. The van der Waals surface area contributed by atoms with Gasteiger partial charge in [0.25, 0.3) is 5.56 Å². The third kappa shape index (κ3) is 2.57. The first-order valence-corrected chi connectivity index (χ1v) is 7.11. The second kappa shape index (κ2) is 5.61. The van der Waals surface area contributed by atoms with Gasteiger partial charge in [-0.2, -0.15) is 0 Å². The van der Waals surface area contributed by atoms with Crippen LogP contribution in [0.5, 0.6) is 5.75 Å². The highest BCUT2D eigenvalue weighted by molar-refractivity contribution is 5.95. The maximum atomic E-state index is 12.5. The van der Waals surface area contributed by atoms with E-state index in [1.165, 1.54) is 22.8 Å².